The molecule has 7 nitrogen and oxygen atoms in total. The van der Waals surface area contributed by atoms with Crippen LogP contribution < -0.4 is 5.69 Å². The van der Waals surface area contributed by atoms with Gasteiger partial charge in [0, 0.05) is 30.2 Å². The lowest BCUT2D eigenvalue weighted by molar-refractivity contribution is -0.0409. The Bertz CT molecular complexity index is 1020. The number of nitrogens with zero attached hydrogens (tertiary/aromatic N) is 4. The van der Waals surface area contributed by atoms with Crippen molar-refractivity contribution in [2.24, 2.45) is 0 Å². The van der Waals surface area contributed by atoms with Gasteiger partial charge in [-0.25, -0.2) is 18.3 Å². The maximum Gasteiger partial charge on any atom is 0.346 e. The fourth-order valence-corrected chi connectivity index (χ4v) is 5.65. The number of hydrogen-bond donors (Lipinski definition) is 1. The molecule has 9 heteroatoms. The number of rotatable bonds is 9. The van der Waals surface area contributed by atoms with Gasteiger partial charge < -0.3 is 9.84 Å². The minimum absolute atomic E-state index is 0.0288. The number of benzene rings is 1. The second kappa shape index (κ2) is 9.27. The second-order valence-corrected chi connectivity index (χ2v) is 9.75. The molecule has 33 heavy (non-hydrogen) atoms. The van der Waals surface area contributed by atoms with Crippen LogP contribution in [0.5, 0.6) is 0 Å². The van der Waals surface area contributed by atoms with E-state index in [1.165, 1.54) is 10.7 Å². The molecule has 180 valence electrons. The van der Waals surface area contributed by atoms with Crippen LogP contribution in [0.15, 0.2) is 29.1 Å². The minimum Gasteiger partial charge on any atom is -0.390 e. The zero-order valence-corrected chi connectivity index (χ0v) is 18.9. The first kappa shape index (κ1) is 22.7. The van der Waals surface area contributed by atoms with E-state index in [0.29, 0.717) is 30.0 Å². The van der Waals surface area contributed by atoms with E-state index in [-0.39, 0.29) is 36.6 Å². The van der Waals surface area contributed by atoms with Crippen molar-refractivity contribution in [3.05, 3.63) is 51.7 Å². The molecular formula is C24H32F2N4O3. The summed E-state index contributed by atoms with van der Waals surface area (Å²) in [4.78, 5) is 15.0. The van der Waals surface area contributed by atoms with Crippen LogP contribution in [0.4, 0.5) is 8.78 Å². The standard InChI is InChI=1S/C24H32F2N4O3/c1-15-27-29(24(32)30(15)17-6-7-17)13-20(31)12-28-18-8-9-19(28)11-21(10-18)33-14-16-4-2-3-5-22(16)23(25)26/h2-5,17-21,23,31H,6-14H2,1H3. The molecule has 0 spiro atoms. The Balaban J connectivity index is 1.16. The third kappa shape index (κ3) is 4.76. The van der Waals surface area contributed by atoms with Gasteiger partial charge >= 0.3 is 5.69 Å². The van der Waals surface area contributed by atoms with Gasteiger partial charge in [0.15, 0.2) is 0 Å². The van der Waals surface area contributed by atoms with Gasteiger partial charge in [-0.15, -0.1) is 0 Å². The van der Waals surface area contributed by atoms with Gasteiger partial charge in [-0.2, -0.15) is 5.10 Å². The van der Waals surface area contributed by atoms with E-state index in [4.69, 9.17) is 4.74 Å². The summed E-state index contributed by atoms with van der Waals surface area (Å²) in [5, 5.41) is 15.1. The second-order valence-electron chi connectivity index (χ2n) is 9.75. The first-order chi connectivity index (χ1) is 15.9. The number of halogens is 2. The Labute approximate surface area is 192 Å². The minimum atomic E-state index is -2.50. The van der Waals surface area contributed by atoms with E-state index in [2.05, 4.69) is 10.00 Å². The maximum absolute atomic E-state index is 13.2. The summed E-state index contributed by atoms with van der Waals surface area (Å²) in [6.45, 7) is 2.73. The van der Waals surface area contributed by atoms with E-state index in [0.717, 1.165) is 38.5 Å². The number of alkyl halides is 2. The zero-order chi connectivity index (χ0) is 23.1. The van der Waals surface area contributed by atoms with Crippen molar-refractivity contribution in [1.29, 1.82) is 0 Å². The average molecular weight is 463 g/mol. The monoisotopic (exact) mass is 462 g/mol. The molecule has 2 aromatic rings. The highest BCUT2D eigenvalue weighted by atomic mass is 19.3. The van der Waals surface area contributed by atoms with Crippen molar-refractivity contribution in [2.45, 2.75) is 95.4 Å². The van der Waals surface area contributed by atoms with Crippen LogP contribution in [0, 0.1) is 6.92 Å². The maximum atomic E-state index is 13.2. The molecule has 0 amide bonds. The number of aryl methyl sites for hydroxylation is 1. The van der Waals surface area contributed by atoms with Gasteiger partial charge in [-0.1, -0.05) is 24.3 Å². The fraction of sp³-hybridized carbons (Fsp3) is 0.667. The number of aliphatic hydroxyl groups excluding tert-OH is 1. The number of fused-ring (bicyclic) bond motifs is 2. The van der Waals surface area contributed by atoms with Gasteiger partial charge in [-0.05, 0) is 51.0 Å². The molecule has 3 unspecified atom stereocenters. The van der Waals surface area contributed by atoms with Crippen molar-refractivity contribution in [2.75, 3.05) is 6.54 Å². The van der Waals surface area contributed by atoms with E-state index in [1.54, 1.807) is 22.8 Å². The Morgan fingerprint density at radius 2 is 1.76 bits per heavy atom. The van der Waals surface area contributed by atoms with Gasteiger partial charge in [0.1, 0.15) is 5.82 Å². The Hall–Kier alpha value is -2.10. The molecule has 1 aromatic carbocycles. The molecule has 0 radical (unpaired) electrons. The lowest BCUT2D eigenvalue weighted by atomic mass is 9.99. The number of ether oxygens (including phenoxy) is 1. The van der Waals surface area contributed by atoms with Crippen molar-refractivity contribution in [3.8, 4) is 0 Å². The van der Waals surface area contributed by atoms with Gasteiger partial charge in [0.05, 0.1) is 25.4 Å². The van der Waals surface area contributed by atoms with Crippen molar-refractivity contribution >= 4 is 0 Å². The lowest BCUT2D eigenvalue weighted by Crippen LogP contribution is -2.49. The van der Waals surface area contributed by atoms with Crippen molar-refractivity contribution in [3.63, 3.8) is 0 Å². The molecular weight excluding hydrogens is 430 g/mol. The summed E-state index contributed by atoms with van der Waals surface area (Å²) in [6, 6.07) is 7.42. The summed E-state index contributed by atoms with van der Waals surface area (Å²) in [5.41, 5.74) is 0.452. The zero-order valence-electron chi connectivity index (χ0n) is 18.9. The molecule has 3 heterocycles. The van der Waals surface area contributed by atoms with Crippen LogP contribution >= 0.6 is 0 Å². The predicted molar refractivity (Wildman–Crippen MR) is 118 cm³/mol. The number of aromatic nitrogens is 3. The third-order valence-corrected chi connectivity index (χ3v) is 7.36. The van der Waals surface area contributed by atoms with E-state index in [9.17, 15) is 18.7 Å². The van der Waals surface area contributed by atoms with E-state index < -0.39 is 12.5 Å². The molecule has 2 aliphatic heterocycles. The fourth-order valence-electron chi connectivity index (χ4n) is 5.65. The SMILES string of the molecule is Cc1nn(CC(O)CN2C3CCC2CC(OCc2ccccc2C(F)F)C3)c(=O)n1C1CC1. The van der Waals surface area contributed by atoms with Crippen molar-refractivity contribution in [1.82, 2.24) is 19.2 Å². The summed E-state index contributed by atoms with van der Waals surface area (Å²) in [6.07, 6.45) is 2.62. The van der Waals surface area contributed by atoms with Crippen LogP contribution in [-0.4, -0.2) is 55.2 Å². The molecule has 5 rings (SSSR count). The highest BCUT2D eigenvalue weighted by Crippen LogP contribution is 2.38. The molecule has 2 bridgehead atoms. The van der Waals surface area contributed by atoms with Crippen molar-refractivity contribution < 1.29 is 18.6 Å². The quantitative estimate of drug-likeness (QED) is 0.620. The number of piperidine rings is 1. The molecule has 1 saturated carbocycles. The topological polar surface area (TPSA) is 72.5 Å². The third-order valence-electron chi connectivity index (χ3n) is 7.36. The van der Waals surface area contributed by atoms with Gasteiger partial charge in [0.2, 0.25) is 0 Å². The molecule has 1 N–H and O–H groups in total. The van der Waals surface area contributed by atoms with Crippen LogP contribution in [0.3, 0.4) is 0 Å². The predicted octanol–water partition coefficient (Wildman–Crippen LogP) is 3.20. The Morgan fingerprint density at radius 1 is 1.09 bits per heavy atom. The smallest absolute Gasteiger partial charge is 0.346 e. The molecule has 3 fully saturated rings. The Kier molecular flexibility index (Phi) is 6.37. The molecule has 3 atom stereocenters. The highest BCUT2D eigenvalue weighted by molar-refractivity contribution is 5.27. The number of aliphatic hydroxyl groups is 1. The highest BCUT2D eigenvalue weighted by Gasteiger charge is 2.42. The van der Waals surface area contributed by atoms with E-state index >= 15 is 0 Å². The number of hydrogen-bond acceptors (Lipinski definition) is 5. The van der Waals surface area contributed by atoms with Crippen LogP contribution in [0.2, 0.25) is 0 Å². The normalized spacial score (nSPS) is 26.3. The van der Waals surface area contributed by atoms with Crippen LogP contribution in [0.1, 0.15) is 67.9 Å². The summed E-state index contributed by atoms with van der Waals surface area (Å²) >= 11 is 0. The lowest BCUT2D eigenvalue weighted by Gasteiger charge is -2.39. The molecule has 1 aliphatic carbocycles. The molecule has 1 aromatic heterocycles. The summed E-state index contributed by atoms with van der Waals surface area (Å²) in [7, 11) is 0. The van der Waals surface area contributed by atoms with Crippen LogP contribution in [0.25, 0.3) is 0 Å². The average Bonchev–Trinajstić information content (AvgIpc) is 3.54. The van der Waals surface area contributed by atoms with Crippen LogP contribution in [-0.2, 0) is 17.9 Å². The summed E-state index contributed by atoms with van der Waals surface area (Å²) in [5.74, 6) is 0.709. The molecule has 3 aliphatic rings. The first-order valence-corrected chi connectivity index (χ1v) is 12.0. The Morgan fingerprint density at radius 3 is 2.42 bits per heavy atom. The first-order valence-electron chi connectivity index (χ1n) is 12.0. The largest absolute Gasteiger partial charge is 0.390 e. The van der Waals surface area contributed by atoms with E-state index in [1.807, 2.05) is 6.92 Å². The van der Waals surface area contributed by atoms with Gasteiger partial charge in [0.25, 0.3) is 6.43 Å². The molecule has 2 saturated heterocycles. The summed E-state index contributed by atoms with van der Waals surface area (Å²) < 4.78 is 35.7. The van der Waals surface area contributed by atoms with Gasteiger partial charge in [-0.3, -0.25) is 9.47 Å².